The van der Waals surface area contributed by atoms with Crippen LogP contribution in [0, 0.1) is 11.6 Å². The van der Waals surface area contributed by atoms with Gasteiger partial charge in [0.15, 0.2) is 4.90 Å². The number of rotatable bonds is 6. The van der Waals surface area contributed by atoms with Gasteiger partial charge in [-0.05, 0) is 48.6 Å². The monoisotopic (exact) mass is 396 g/mol. The van der Waals surface area contributed by atoms with Gasteiger partial charge in [-0.3, -0.25) is 0 Å². The molecule has 8 heteroatoms. The first-order chi connectivity index (χ1) is 12.3. The molecule has 0 aliphatic carbocycles. The minimum atomic E-state index is -4.32. The Hall–Kier alpha value is -1.87. The minimum Gasteiger partial charge on any atom is -0.301 e. The molecule has 3 rings (SSSR count). The summed E-state index contributed by atoms with van der Waals surface area (Å²) in [6.45, 7) is -0.0101. The van der Waals surface area contributed by atoms with Gasteiger partial charge in [0.25, 0.3) is 0 Å². The van der Waals surface area contributed by atoms with Crippen LogP contribution in [-0.2, 0) is 10.0 Å². The van der Waals surface area contributed by atoms with Crippen LogP contribution in [0.15, 0.2) is 52.7 Å². The number of halogens is 2. The van der Waals surface area contributed by atoms with Crippen LogP contribution in [-0.4, -0.2) is 34.0 Å². The van der Waals surface area contributed by atoms with Crippen molar-refractivity contribution in [1.82, 2.24) is 9.62 Å². The molecule has 4 nitrogen and oxygen atoms in total. The molecule has 138 valence electrons. The van der Waals surface area contributed by atoms with Crippen molar-refractivity contribution in [1.29, 1.82) is 0 Å². The average Bonchev–Trinajstić information content (AvgIpc) is 2.98. The second kappa shape index (κ2) is 7.40. The van der Waals surface area contributed by atoms with Gasteiger partial charge in [-0.2, -0.15) is 0 Å². The first-order valence-electron chi connectivity index (χ1n) is 7.87. The maximum atomic E-state index is 13.8. The molecule has 0 unspecified atom stereocenters. The number of nitrogens with zero attached hydrogens (tertiary/aromatic N) is 1. The fourth-order valence-electron chi connectivity index (χ4n) is 2.83. The van der Waals surface area contributed by atoms with Gasteiger partial charge in [0.1, 0.15) is 11.6 Å². The number of thiophene rings is 1. The Kier molecular flexibility index (Phi) is 5.38. The highest BCUT2D eigenvalue weighted by Gasteiger charge is 2.26. The summed E-state index contributed by atoms with van der Waals surface area (Å²) in [5.41, 5.74) is 0.965. The van der Waals surface area contributed by atoms with Gasteiger partial charge in [0.05, 0.1) is 0 Å². The molecule has 1 atom stereocenters. The van der Waals surface area contributed by atoms with Gasteiger partial charge in [-0.25, -0.2) is 21.9 Å². The third-order valence-corrected chi connectivity index (χ3v) is 6.60. The molecule has 0 spiro atoms. The van der Waals surface area contributed by atoms with E-state index in [0.717, 1.165) is 33.8 Å². The van der Waals surface area contributed by atoms with Crippen molar-refractivity contribution in [2.24, 2.45) is 0 Å². The summed E-state index contributed by atoms with van der Waals surface area (Å²) in [6.07, 6.45) is 0. The molecule has 0 bridgehead atoms. The van der Waals surface area contributed by atoms with E-state index in [-0.39, 0.29) is 12.6 Å². The summed E-state index contributed by atoms with van der Waals surface area (Å²) in [5, 5.41) is 3.01. The molecule has 0 saturated carbocycles. The lowest BCUT2D eigenvalue weighted by Crippen LogP contribution is -2.35. The van der Waals surface area contributed by atoms with Crippen molar-refractivity contribution in [2.45, 2.75) is 10.9 Å². The standard InChI is InChI=1S/C18H18F2N2O2S2/c1-22(2)16(13-11-25-17-9-4-3-6-12(13)17)10-21-26(23,24)18-14(19)7-5-8-15(18)20/h3-9,11,16,21H,10H2,1-2H3/t16-/m1/s1. The molecule has 1 N–H and O–H groups in total. The number of sulfonamides is 1. The zero-order chi connectivity index (χ0) is 18.9. The van der Waals surface area contributed by atoms with E-state index in [0.29, 0.717) is 0 Å². The van der Waals surface area contributed by atoms with Crippen LogP contribution >= 0.6 is 11.3 Å². The van der Waals surface area contributed by atoms with Gasteiger partial charge >= 0.3 is 0 Å². The Morgan fingerprint density at radius 2 is 1.73 bits per heavy atom. The van der Waals surface area contributed by atoms with E-state index < -0.39 is 26.6 Å². The molecule has 1 heterocycles. The first kappa shape index (κ1) is 18.9. The summed E-state index contributed by atoms with van der Waals surface area (Å²) in [6, 6.07) is 10.5. The van der Waals surface area contributed by atoms with Crippen LogP contribution in [0.25, 0.3) is 10.1 Å². The molecule has 0 aliphatic rings. The summed E-state index contributed by atoms with van der Waals surface area (Å²) in [4.78, 5) is 0.919. The number of fused-ring (bicyclic) bond motifs is 1. The van der Waals surface area contributed by atoms with Crippen molar-refractivity contribution in [3.63, 3.8) is 0 Å². The van der Waals surface area contributed by atoms with Crippen LogP contribution in [0.3, 0.4) is 0 Å². The van der Waals surface area contributed by atoms with E-state index in [2.05, 4.69) is 4.72 Å². The number of likely N-dealkylation sites (N-methyl/N-ethyl adjacent to an activating group) is 1. The largest absolute Gasteiger partial charge is 0.301 e. The van der Waals surface area contributed by atoms with Crippen molar-refractivity contribution >= 4 is 31.4 Å². The zero-order valence-corrected chi connectivity index (χ0v) is 15.9. The second-order valence-corrected chi connectivity index (χ2v) is 8.68. The second-order valence-electron chi connectivity index (χ2n) is 6.07. The van der Waals surface area contributed by atoms with Crippen molar-refractivity contribution in [2.75, 3.05) is 20.6 Å². The molecule has 26 heavy (non-hydrogen) atoms. The fourth-order valence-corrected chi connectivity index (χ4v) is 5.01. The van der Waals surface area contributed by atoms with Gasteiger partial charge in [-0.1, -0.05) is 24.3 Å². The Labute approximate surface area is 155 Å². The summed E-state index contributed by atoms with van der Waals surface area (Å²) in [7, 11) is -0.661. The van der Waals surface area contributed by atoms with E-state index in [9.17, 15) is 17.2 Å². The van der Waals surface area contributed by atoms with Crippen molar-refractivity contribution in [3.05, 3.63) is 65.0 Å². The Morgan fingerprint density at radius 1 is 1.08 bits per heavy atom. The van der Waals surface area contributed by atoms with E-state index in [1.165, 1.54) is 0 Å². The zero-order valence-electron chi connectivity index (χ0n) is 14.2. The lowest BCUT2D eigenvalue weighted by Gasteiger charge is -2.24. The fraction of sp³-hybridized carbons (Fsp3) is 0.222. The highest BCUT2D eigenvalue weighted by Crippen LogP contribution is 2.32. The van der Waals surface area contributed by atoms with Gasteiger partial charge in [-0.15, -0.1) is 11.3 Å². The molecule has 0 radical (unpaired) electrons. The molecule has 1 aromatic heterocycles. The maximum Gasteiger partial charge on any atom is 0.246 e. The highest BCUT2D eigenvalue weighted by atomic mass is 32.2. The summed E-state index contributed by atoms with van der Waals surface area (Å²) in [5.74, 6) is -2.22. The molecule has 2 aromatic carbocycles. The molecular weight excluding hydrogens is 378 g/mol. The third kappa shape index (κ3) is 3.64. The quantitative estimate of drug-likeness (QED) is 0.690. The van der Waals surface area contributed by atoms with Crippen LogP contribution in [0.1, 0.15) is 11.6 Å². The van der Waals surface area contributed by atoms with Crippen LogP contribution in [0.4, 0.5) is 8.78 Å². The maximum absolute atomic E-state index is 13.8. The predicted molar refractivity (Wildman–Crippen MR) is 99.8 cm³/mol. The Bertz CT molecular complexity index is 1010. The summed E-state index contributed by atoms with van der Waals surface area (Å²) >= 11 is 1.57. The van der Waals surface area contributed by atoms with E-state index in [1.807, 2.05) is 48.6 Å². The van der Waals surface area contributed by atoms with Crippen molar-refractivity contribution < 1.29 is 17.2 Å². The molecule has 0 aliphatic heterocycles. The van der Waals surface area contributed by atoms with Crippen LogP contribution < -0.4 is 4.72 Å². The normalized spacial score (nSPS) is 13.4. The Balaban J connectivity index is 1.90. The Morgan fingerprint density at radius 3 is 2.38 bits per heavy atom. The van der Waals surface area contributed by atoms with Gasteiger partial charge < -0.3 is 4.90 Å². The smallest absolute Gasteiger partial charge is 0.246 e. The topological polar surface area (TPSA) is 49.4 Å². The van der Waals surface area contributed by atoms with E-state index >= 15 is 0 Å². The SMILES string of the molecule is CN(C)[C@H](CNS(=O)(=O)c1c(F)cccc1F)c1csc2ccccc12. The van der Waals surface area contributed by atoms with Gasteiger partial charge in [0, 0.05) is 17.3 Å². The predicted octanol–water partition coefficient (Wildman–Crippen LogP) is 3.76. The molecule has 0 amide bonds. The van der Waals surface area contributed by atoms with E-state index in [4.69, 9.17) is 0 Å². The molecular formula is C18H18F2N2O2S2. The average molecular weight is 396 g/mol. The third-order valence-electron chi connectivity index (χ3n) is 4.15. The summed E-state index contributed by atoms with van der Waals surface area (Å²) < 4.78 is 56.0. The highest BCUT2D eigenvalue weighted by molar-refractivity contribution is 7.89. The molecule has 0 fully saturated rings. The number of benzene rings is 2. The molecule has 3 aromatic rings. The van der Waals surface area contributed by atoms with Crippen LogP contribution in [0.2, 0.25) is 0 Å². The van der Waals surface area contributed by atoms with Gasteiger partial charge in [0.2, 0.25) is 10.0 Å². The number of hydrogen-bond donors (Lipinski definition) is 1. The van der Waals surface area contributed by atoms with Crippen LogP contribution in [0.5, 0.6) is 0 Å². The van der Waals surface area contributed by atoms with Crippen molar-refractivity contribution in [3.8, 4) is 0 Å². The first-order valence-corrected chi connectivity index (χ1v) is 10.2. The lowest BCUT2D eigenvalue weighted by molar-refractivity contribution is 0.301. The minimum absolute atomic E-state index is 0.0101. The lowest BCUT2D eigenvalue weighted by atomic mass is 10.1. The molecule has 0 saturated heterocycles. The number of nitrogens with one attached hydrogen (secondary N) is 1. The number of hydrogen-bond acceptors (Lipinski definition) is 4. The van der Waals surface area contributed by atoms with E-state index in [1.54, 1.807) is 11.3 Å².